The van der Waals surface area contributed by atoms with E-state index < -0.39 is 32.4 Å². The Labute approximate surface area is 241 Å². The molecule has 5 aliphatic carbocycles. The van der Waals surface area contributed by atoms with Crippen LogP contribution in [-0.2, 0) is 21.2 Å². The summed E-state index contributed by atoms with van der Waals surface area (Å²) in [5.74, 6) is 0.821. The molecule has 5 saturated carbocycles. The summed E-state index contributed by atoms with van der Waals surface area (Å²) in [5, 5.41) is 4.21. The Morgan fingerprint density at radius 2 is 1.83 bits per heavy atom. The van der Waals surface area contributed by atoms with Gasteiger partial charge in [0, 0.05) is 41.5 Å². The lowest BCUT2D eigenvalue weighted by Crippen LogP contribution is -2.39. The second-order valence-electron chi connectivity index (χ2n) is 13.9. The van der Waals surface area contributed by atoms with Gasteiger partial charge in [-0.15, -0.1) is 0 Å². The number of sulfone groups is 1. The summed E-state index contributed by atoms with van der Waals surface area (Å²) in [6.07, 6.45) is 13.4. The molecule has 1 aromatic heterocycles. The van der Waals surface area contributed by atoms with Crippen LogP contribution in [0.3, 0.4) is 0 Å². The van der Waals surface area contributed by atoms with Gasteiger partial charge >= 0.3 is 0 Å². The van der Waals surface area contributed by atoms with Crippen LogP contribution in [0.5, 0.6) is 0 Å². The SMILES string of the molecule is O=C(CS(=O)(=O)C1CC1)c1ccc(N2C[C@@H]3C[C@H]2C[C@H]3OCc2c(C3CCC4(CC3)CC4)noc2C2CC2)c(F)c1. The maximum atomic E-state index is 15.2. The van der Waals surface area contributed by atoms with Gasteiger partial charge in [0.25, 0.3) is 0 Å². The van der Waals surface area contributed by atoms with E-state index in [2.05, 4.69) is 10.1 Å². The molecule has 1 spiro atoms. The Kier molecular flexibility index (Phi) is 6.19. The fourth-order valence-electron chi connectivity index (χ4n) is 7.97. The van der Waals surface area contributed by atoms with Crippen LogP contribution in [0, 0.1) is 17.2 Å². The highest BCUT2D eigenvalue weighted by Crippen LogP contribution is 2.59. The minimum atomic E-state index is -3.43. The van der Waals surface area contributed by atoms with Crippen molar-refractivity contribution in [2.75, 3.05) is 17.2 Å². The first-order valence-corrected chi connectivity index (χ1v) is 17.4. The normalized spacial score (nSPS) is 29.0. The highest BCUT2D eigenvalue weighted by atomic mass is 32.2. The van der Waals surface area contributed by atoms with E-state index in [1.54, 1.807) is 12.1 Å². The van der Waals surface area contributed by atoms with Crippen molar-refractivity contribution >= 4 is 21.3 Å². The van der Waals surface area contributed by atoms with Gasteiger partial charge in [-0.1, -0.05) is 5.16 Å². The molecule has 6 aliphatic rings. The van der Waals surface area contributed by atoms with Crippen molar-refractivity contribution < 1.29 is 26.9 Å². The van der Waals surface area contributed by atoms with Crippen molar-refractivity contribution in [3.8, 4) is 0 Å². The number of hydrogen-bond acceptors (Lipinski definition) is 7. The number of aromatic nitrogens is 1. The highest BCUT2D eigenvalue weighted by molar-refractivity contribution is 7.93. The fraction of sp³-hybridized carbons (Fsp3) is 0.688. The zero-order valence-electron chi connectivity index (χ0n) is 23.5. The van der Waals surface area contributed by atoms with Crippen LogP contribution < -0.4 is 4.90 Å². The van der Waals surface area contributed by atoms with Gasteiger partial charge in [-0.3, -0.25) is 4.79 Å². The van der Waals surface area contributed by atoms with Gasteiger partial charge in [-0.2, -0.15) is 0 Å². The minimum absolute atomic E-state index is 0.127. The monoisotopic (exact) mass is 582 g/mol. The molecular weight excluding hydrogens is 543 g/mol. The van der Waals surface area contributed by atoms with Gasteiger partial charge in [-0.05, 0) is 101 Å². The summed E-state index contributed by atoms with van der Waals surface area (Å²) in [6.45, 7) is 1.27. The number of nitrogens with zero attached hydrogens (tertiary/aromatic N) is 2. The summed E-state index contributed by atoms with van der Waals surface area (Å²) in [5.41, 5.74) is 3.62. The Morgan fingerprint density at radius 1 is 1.05 bits per heavy atom. The third kappa shape index (κ3) is 4.94. The molecule has 8 rings (SSSR count). The van der Waals surface area contributed by atoms with Gasteiger partial charge in [0.15, 0.2) is 15.6 Å². The number of carbonyl (C=O) groups excluding carboxylic acids is 1. The summed E-state index contributed by atoms with van der Waals surface area (Å²) >= 11 is 0. The number of ether oxygens (including phenoxy) is 1. The van der Waals surface area contributed by atoms with Crippen molar-refractivity contribution in [3.63, 3.8) is 0 Å². The van der Waals surface area contributed by atoms with Crippen molar-refractivity contribution in [2.24, 2.45) is 11.3 Å². The van der Waals surface area contributed by atoms with Crippen LogP contribution in [0.1, 0.15) is 116 Å². The average Bonchev–Trinajstić information content (AvgIpc) is 3.91. The van der Waals surface area contributed by atoms with Crippen LogP contribution in [0.4, 0.5) is 10.1 Å². The van der Waals surface area contributed by atoms with Crippen molar-refractivity contribution in [2.45, 2.75) is 113 Å². The highest BCUT2D eigenvalue weighted by Gasteiger charge is 2.48. The number of ketones is 1. The second kappa shape index (κ2) is 9.63. The fourth-order valence-corrected chi connectivity index (χ4v) is 9.59. The van der Waals surface area contributed by atoms with E-state index in [1.165, 1.54) is 63.0 Å². The van der Waals surface area contributed by atoms with Gasteiger partial charge in [-0.25, -0.2) is 12.8 Å². The van der Waals surface area contributed by atoms with E-state index in [4.69, 9.17) is 9.26 Å². The maximum Gasteiger partial charge on any atom is 0.177 e. The summed E-state index contributed by atoms with van der Waals surface area (Å²) < 4.78 is 52.2. The molecule has 2 aromatic rings. The number of carbonyl (C=O) groups is 1. The van der Waals surface area contributed by atoms with Crippen molar-refractivity contribution in [3.05, 3.63) is 46.6 Å². The predicted octanol–water partition coefficient (Wildman–Crippen LogP) is 6.07. The summed E-state index contributed by atoms with van der Waals surface area (Å²) in [6, 6.07) is 4.62. The molecule has 0 radical (unpaired) electrons. The van der Waals surface area contributed by atoms with Gasteiger partial charge in [0.2, 0.25) is 0 Å². The molecule has 1 saturated heterocycles. The summed E-state index contributed by atoms with van der Waals surface area (Å²) in [7, 11) is -3.43. The molecule has 1 aliphatic heterocycles. The quantitative estimate of drug-likeness (QED) is 0.314. The molecule has 7 nitrogen and oxygen atoms in total. The van der Waals surface area contributed by atoms with E-state index in [-0.39, 0.29) is 17.7 Å². The first-order chi connectivity index (χ1) is 19.8. The number of piperidine rings is 1. The third-order valence-corrected chi connectivity index (χ3v) is 13.2. The molecule has 1 aromatic carbocycles. The Bertz CT molecular complexity index is 1460. The molecule has 2 heterocycles. The van der Waals surface area contributed by atoms with E-state index in [0.29, 0.717) is 54.8 Å². The zero-order valence-corrected chi connectivity index (χ0v) is 24.3. The third-order valence-electron chi connectivity index (χ3n) is 11.0. The van der Waals surface area contributed by atoms with E-state index in [0.717, 1.165) is 24.3 Å². The number of hydrogen-bond donors (Lipinski definition) is 0. The maximum absolute atomic E-state index is 15.2. The molecule has 9 heteroatoms. The standard InChI is InChI=1S/C32H39FN2O5S/c33-26-14-21(28(36)18-41(37,38)24-4-5-24)3-6-27(26)35-16-22-13-23(35)15-29(22)39-17-25-30(34-40-31(25)20-1-2-20)19-7-9-32(10-8-19)11-12-32/h3,6,14,19-20,22-24,29H,1-2,4-5,7-13,15-18H2/t22-,23-,29+/m0/s1. The molecule has 6 fully saturated rings. The summed E-state index contributed by atoms with van der Waals surface area (Å²) in [4.78, 5) is 14.7. The molecule has 220 valence electrons. The Balaban J connectivity index is 0.911. The molecule has 3 atom stereocenters. The zero-order chi connectivity index (χ0) is 27.9. The number of Topliss-reactive ketones (excluding diaryl/α,β-unsaturated/α-hetero) is 1. The van der Waals surface area contributed by atoms with E-state index >= 15 is 4.39 Å². The topological polar surface area (TPSA) is 89.7 Å². The lowest BCUT2D eigenvalue weighted by Gasteiger charge is -2.33. The lowest BCUT2D eigenvalue weighted by molar-refractivity contribution is 0.0115. The number of rotatable bonds is 10. The first kappa shape index (κ1) is 26.4. The Morgan fingerprint density at radius 3 is 2.46 bits per heavy atom. The van der Waals surface area contributed by atoms with E-state index in [1.807, 2.05) is 0 Å². The minimum Gasteiger partial charge on any atom is -0.373 e. The molecule has 41 heavy (non-hydrogen) atoms. The molecule has 0 N–H and O–H groups in total. The average molecular weight is 583 g/mol. The van der Waals surface area contributed by atoms with Crippen LogP contribution in [-0.4, -0.2) is 49.1 Å². The van der Waals surface area contributed by atoms with Crippen molar-refractivity contribution in [1.29, 1.82) is 0 Å². The van der Waals surface area contributed by atoms with Gasteiger partial charge in [0.1, 0.15) is 17.3 Å². The van der Waals surface area contributed by atoms with Gasteiger partial charge in [0.05, 0.1) is 29.3 Å². The van der Waals surface area contributed by atoms with Crippen molar-refractivity contribution in [1.82, 2.24) is 5.16 Å². The van der Waals surface area contributed by atoms with Crippen LogP contribution in [0.15, 0.2) is 22.7 Å². The van der Waals surface area contributed by atoms with Gasteiger partial charge < -0.3 is 14.2 Å². The number of anilines is 1. The molecular formula is C32H39FN2O5S. The van der Waals surface area contributed by atoms with Crippen LogP contribution >= 0.6 is 0 Å². The first-order valence-electron chi connectivity index (χ1n) is 15.7. The smallest absolute Gasteiger partial charge is 0.177 e. The number of benzene rings is 1. The van der Waals surface area contributed by atoms with Crippen LogP contribution in [0.2, 0.25) is 0 Å². The number of halogens is 1. The van der Waals surface area contributed by atoms with Crippen LogP contribution in [0.25, 0.3) is 0 Å². The molecule has 2 bridgehead atoms. The number of fused-ring (bicyclic) bond motifs is 2. The van der Waals surface area contributed by atoms with E-state index in [9.17, 15) is 13.2 Å². The lowest BCUT2D eigenvalue weighted by atomic mass is 9.77. The second-order valence-corrected chi connectivity index (χ2v) is 16.2. The Hall–Kier alpha value is -2.26. The molecule has 0 amide bonds. The molecule has 0 unspecified atom stereocenters. The largest absolute Gasteiger partial charge is 0.373 e. The predicted molar refractivity (Wildman–Crippen MR) is 151 cm³/mol.